The number of hydrogen-bond donors (Lipinski definition) is 0. The number of aliphatic imine (C=N–C) groups is 1. The van der Waals surface area contributed by atoms with Crippen molar-refractivity contribution in [1.82, 2.24) is 24.6 Å². The summed E-state index contributed by atoms with van der Waals surface area (Å²) in [4.78, 5) is 14.8. The lowest BCUT2D eigenvalue weighted by molar-refractivity contribution is 0.364. The lowest BCUT2D eigenvalue weighted by atomic mass is 10.1. The van der Waals surface area contributed by atoms with Crippen LogP contribution in [0.25, 0.3) is 11.0 Å². The molecule has 0 spiro atoms. The number of aromatic nitrogens is 4. The van der Waals surface area contributed by atoms with Crippen LogP contribution in [0.1, 0.15) is 20.8 Å². The Balaban J connectivity index is 2.67. The Labute approximate surface area is 120 Å². The predicted octanol–water partition coefficient (Wildman–Crippen LogP) is 2.57. The molecule has 6 nitrogen and oxygen atoms in total. The number of rotatable bonds is 2. The van der Waals surface area contributed by atoms with Crippen molar-refractivity contribution in [3.05, 3.63) is 10.9 Å². The molecule has 7 heteroatoms. The highest BCUT2D eigenvalue weighted by molar-refractivity contribution is 9.10. The summed E-state index contributed by atoms with van der Waals surface area (Å²) in [5.41, 5.74) is 0.626. The molecule has 0 atom stereocenters. The van der Waals surface area contributed by atoms with Crippen molar-refractivity contribution in [2.75, 3.05) is 14.1 Å². The Morgan fingerprint density at radius 2 is 2.00 bits per heavy atom. The monoisotopic (exact) mass is 324 g/mol. The molecule has 102 valence electrons. The lowest BCUT2D eigenvalue weighted by Crippen LogP contribution is -2.23. The maximum absolute atomic E-state index is 4.49. The molecule has 0 saturated heterocycles. The summed E-state index contributed by atoms with van der Waals surface area (Å²) in [6.45, 7) is 6.24. The maximum Gasteiger partial charge on any atom is 0.169 e. The van der Waals surface area contributed by atoms with Crippen LogP contribution >= 0.6 is 15.9 Å². The summed E-state index contributed by atoms with van der Waals surface area (Å²) in [6.07, 6.45) is 3.23. The zero-order valence-electron chi connectivity index (χ0n) is 11.7. The SMILES string of the molecule is CN(C)/C=N/c1ncnc2c1c(Br)nn2C(C)(C)C. The Hall–Kier alpha value is -1.50. The molecule has 0 amide bonds. The van der Waals surface area contributed by atoms with Gasteiger partial charge in [-0.3, -0.25) is 0 Å². The van der Waals surface area contributed by atoms with E-state index in [1.165, 1.54) is 6.33 Å². The van der Waals surface area contributed by atoms with E-state index in [1.807, 2.05) is 23.7 Å². The van der Waals surface area contributed by atoms with Gasteiger partial charge in [-0.1, -0.05) is 0 Å². The summed E-state index contributed by atoms with van der Waals surface area (Å²) < 4.78 is 2.59. The Bertz CT molecular complexity index is 623. The van der Waals surface area contributed by atoms with Gasteiger partial charge in [0, 0.05) is 14.1 Å². The minimum absolute atomic E-state index is 0.152. The standard InChI is InChI=1S/C12H17BrN6/c1-12(2,3)19-11-8(9(13)17-19)10(14-6-15-11)16-7-18(4)5/h6-7H,1-5H3/b16-7+. The first-order valence-electron chi connectivity index (χ1n) is 5.91. The number of fused-ring (bicyclic) bond motifs is 1. The molecule has 2 aromatic rings. The largest absolute Gasteiger partial charge is 0.369 e. The summed E-state index contributed by atoms with van der Waals surface area (Å²) in [5, 5.41) is 5.32. The van der Waals surface area contributed by atoms with Crippen molar-refractivity contribution < 1.29 is 0 Å². The highest BCUT2D eigenvalue weighted by Gasteiger charge is 2.22. The zero-order chi connectivity index (χ0) is 14.2. The second-order valence-corrected chi connectivity index (χ2v) is 6.23. The predicted molar refractivity (Wildman–Crippen MR) is 79.9 cm³/mol. The molecule has 0 fully saturated rings. The topological polar surface area (TPSA) is 59.2 Å². The number of hydrogen-bond acceptors (Lipinski definition) is 4. The van der Waals surface area contributed by atoms with Crippen molar-refractivity contribution in [1.29, 1.82) is 0 Å². The molecular formula is C12H17BrN6. The molecule has 19 heavy (non-hydrogen) atoms. The molecule has 0 N–H and O–H groups in total. The fourth-order valence-corrected chi connectivity index (χ4v) is 2.15. The van der Waals surface area contributed by atoms with Gasteiger partial charge in [-0.15, -0.1) is 0 Å². The normalized spacial score (nSPS) is 12.5. The molecule has 2 aromatic heterocycles. The minimum Gasteiger partial charge on any atom is -0.369 e. The summed E-state index contributed by atoms with van der Waals surface area (Å²) >= 11 is 3.47. The number of halogens is 1. The first kappa shape index (κ1) is 13.9. The molecule has 2 rings (SSSR count). The molecule has 0 aliphatic heterocycles. The molecule has 0 aliphatic rings. The van der Waals surface area contributed by atoms with Gasteiger partial charge in [0.25, 0.3) is 0 Å². The average molecular weight is 325 g/mol. The minimum atomic E-state index is -0.152. The van der Waals surface area contributed by atoms with E-state index in [1.54, 1.807) is 6.34 Å². The first-order valence-corrected chi connectivity index (χ1v) is 6.70. The molecule has 0 aliphatic carbocycles. The van der Waals surface area contributed by atoms with Crippen molar-refractivity contribution >= 4 is 39.1 Å². The van der Waals surface area contributed by atoms with E-state index in [2.05, 4.69) is 56.8 Å². The van der Waals surface area contributed by atoms with Gasteiger partial charge in [-0.25, -0.2) is 19.6 Å². The van der Waals surface area contributed by atoms with Gasteiger partial charge < -0.3 is 4.90 Å². The smallest absolute Gasteiger partial charge is 0.169 e. The van der Waals surface area contributed by atoms with Gasteiger partial charge in [0.05, 0.1) is 17.3 Å². The fraction of sp³-hybridized carbons (Fsp3) is 0.500. The molecular weight excluding hydrogens is 308 g/mol. The molecule has 0 aromatic carbocycles. The lowest BCUT2D eigenvalue weighted by Gasteiger charge is -2.19. The number of nitrogens with zero attached hydrogens (tertiary/aromatic N) is 6. The molecule has 0 saturated carbocycles. The van der Waals surface area contributed by atoms with Crippen molar-refractivity contribution in [2.24, 2.45) is 4.99 Å². The van der Waals surface area contributed by atoms with Crippen LogP contribution in [-0.4, -0.2) is 45.1 Å². The Morgan fingerprint density at radius 1 is 1.32 bits per heavy atom. The van der Waals surface area contributed by atoms with Gasteiger partial charge in [-0.2, -0.15) is 5.10 Å². The van der Waals surface area contributed by atoms with Crippen LogP contribution in [0.5, 0.6) is 0 Å². The van der Waals surface area contributed by atoms with E-state index in [4.69, 9.17) is 0 Å². The fourth-order valence-electron chi connectivity index (χ4n) is 1.63. The van der Waals surface area contributed by atoms with Gasteiger partial charge in [-0.05, 0) is 36.7 Å². The highest BCUT2D eigenvalue weighted by Crippen LogP contribution is 2.31. The van der Waals surface area contributed by atoms with Crippen molar-refractivity contribution in [2.45, 2.75) is 26.3 Å². The first-order chi connectivity index (χ1) is 8.80. The third-order valence-electron chi connectivity index (χ3n) is 2.45. The molecule has 0 unspecified atom stereocenters. The summed E-state index contributed by atoms with van der Waals surface area (Å²) in [6, 6.07) is 0. The second kappa shape index (κ2) is 4.88. The molecule has 0 radical (unpaired) electrons. The van der Waals surface area contributed by atoms with Crippen LogP contribution in [0, 0.1) is 0 Å². The van der Waals surface area contributed by atoms with E-state index < -0.39 is 0 Å². The van der Waals surface area contributed by atoms with Crippen LogP contribution < -0.4 is 0 Å². The van der Waals surface area contributed by atoms with E-state index >= 15 is 0 Å². The Morgan fingerprint density at radius 3 is 2.58 bits per heavy atom. The second-order valence-electron chi connectivity index (χ2n) is 5.48. The van der Waals surface area contributed by atoms with E-state index in [9.17, 15) is 0 Å². The van der Waals surface area contributed by atoms with Crippen LogP contribution in [0.2, 0.25) is 0 Å². The van der Waals surface area contributed by atoms with Crippen molar-refractivity contribution in [3.8, 4) is 0 Å². The van der Waals surface area contributed by atoms with E-state index in [-0.39, 0.29) is 5.54 Å². The zero-order valence-corrected chi connectivity index (χ0v) is 13.3. The molecule has 2 heterocycles. The average Bonchev–Trinajstić information content (AvgIpc) is 2.65. The third kappa shape index (κ3) is 2.75. The highest BCUT2D eigenvalue weighted by atomic mass is 79.9. The van der Waals surface area contributed by atoms with Crippen LogP contribution in [-0.2, 0) is 5.54 Å². The van der Waals surface area contributed by atoms with Crippen LogP contribution in [0.4, 0.5) is 5.82 Å². The van der Waals surface area contributed by atoms with Gasteiger partial charge >= 0.3 is 0 Å². The maximum atomic E-state index is 4.49. The van der Waals surface area contributed by atoms with Gasteiger partial charge in [0.1, 0.15) is 10.9 Å². The van der Waals surface area contributed by atoms with Gasteiger partial charge in [0.2, 0.25) is 0 Å². The van der Waals surface area contributed by atoms with Crippen molar-refractivity contribution in [3.63, 3.8) is 0 Å². The van der Waals surface area contributed by atoms with Crippen LogP contribution in [0.15, 0.2) is 15.9 Å². The van der Waals surface area contributed by atoms with E-state index in [0.29, 0.717) is 10.4 Å². The third-order valence-corrected chi connectivity index (χ3v) is 3.00. The van der Waals surface area contributed by atoms with Crippen LogP contribution in [0.3, 0.4) is 0 Å². The summed E-state index contributed by atoms with van der Waals surface area (Å²) in [7, 11) is 3.82. The van der Waals surface area contributed by atoms with Gasteiger partial charge in [0.15, 0.2) is 11.5 Å². The summed E-state index contributed by atoms with van der Waals surface area (Å²) in [5.74, 6) is 0.612. The van der Waals surface area contributed by atoms with E-state index in [0.717, 1.165) is 11.0 Å². The quantitative estimate of drug-likeness (QED) is 0.629. The Kier molecular flexibility index (Phi) is 3.58. The molecule has 0 bridgehead atoms.